The Morgan fingerprint density at radius 2 is 1.83 bits per heavy atom. The molecule has 7 heteroatoms. The van der Waals surface area contributed by atoms with E-state index in [0.717, 1.165) is 18.4 Å². The van der Waals surface area contributed by atoms with Crippen LogP contribution >= 0.6 is 0 Å². The smallest absolute Gasteiger partial charge is 0.255 e. The number of phenols is 1. The predicted molar refractivity (Wildman–Crippen MR) is 111 cm³/mol. The molecule has 0 bridgehead atoms. The number of pyridine rings is 1. The fourth-order valence-corrected chi connectivity index (χ4v) is 4.79. The average Bonchev–Trinajstić information content (AvgIpc) is 2.72. The van der Waals surface area contributed by atoms with E-state index in [-0.39, 0.29) is 23.0 Å². The van der Waals surface area contributed by atoms with Crippen LogP contribution in [0.25, 0.3) is 0 Å². The van der Waals surface area contributed by atoms with Crippen molar-refractivity contribution in [1.29, 1.82) is 0 Å². The standard InChI is InChI=1S/C23H27N3O4/c1-16-9-18(11-19(27)10-16)22(30)25-7-4-23(5-8-25)12-20(28)14-26(15-23)21(29)17-3-2-6-24-13-17/h2-3,6,9-11,13,20,27-28H,4-5,7-8,12,14-15H2,1H3. The molecule has 1 atom stereocenters. The van der Waals surface area contributed by atoms with Gasteiger partial charge in [0.2, 0.25) is 0 Å². The molecular formula is C23H27N3O4. The summed E-state index contributed by atoms with van der Waals surface area (Å²) in [6.07, 6.45) is 4.69. The molecule has 1 unspecified atom stereocenters. The quantitative estimate of drug-likeness (QED) is 0.793. The van der Waals surface area contributed by atoms with Crippen molar-refractivity contribution in [1.82, 2.24) is 14.8 Å². The number of aliphatic hydroxyl groups excluding tert-OH is 1. The summed E-state index contributed by atoms with van der Waals surface area (Å²) in [6, 6.07) is 8.38. The lowest BCUT2D eigenvalue weighted by molar-refractivity contribution is -0.0299. The summed E-state index contributed by atoms with van der Waals surface area (Å²) >= 11 is 0. The van der Waals surface area contributed by atoms with E-state index in [1.165, 1.54) is 6.07 Å². The lowest BCUT2D eigenvalue weighted by Crippen LogP contribution is -2.55. The molecule has 0 radical (unpaired) electrons. The zero-order chi connectivity index (χ0) is 21.3. The van der Waals surface area contributed by atoms with Crippen molar-refractivity contribution in [2.24, 2.45) is 5.41 Å². The molecule has 1 spiro atoms. The van der Waals surface area contributed by atoms with E-state index in [2.05, 4.69) is 4.98 Å². The van der Waals surface area contributed by atoms with Crippen LogP contribution in [0.2, 0.25) is 0 Å². The molecule has 158 valence electrons. The van der Waals surface area contributed by atoms with E-state index in [0.29, 0.717) is 43.7 Å². The Bertz CT molecular complexity index is 918. The second kappa shape index (κ2) is 8.07. The molecule has 0 saturated carbocycles. The maximum absolute atomic E-state index is 12.9. The van der Waals surface area contributed by atoms with Crippen LogP contribution in [0.15, 0.2) is 42.7 Å². The van der Waals surface area contributed by atoms with Crippen LogP contribution in [0.1, 0.15) is 45.5 Å². The predicted octanol–water partition coefficient (Wildman–Crippen LogP) is 2.23. The van der Waals surface area contributed by atoms with Crippen molar-refractivity contribution >= 4 is 11.8 Å². The highest BCUT2D eigenvalue weighted by Crippen LogP contribution is 2.40. The number of aryl methyl sites for hydroxylation is 1. The first-order valence-electron chi connectivity index (χ1n) is 10.3. The summed E-state index contributed by atoms with van der Waals surface area (Å²) in [5.41, 5.74) is 1.65. The first-order chi connectivity index (χ1) is 14.3. The van der Waals surface area contributed by atoms with Gasteiger partial charge in [-0.3, -0.25) is 14.6 Å². The van der Waals surface area contributed by atoms with Gasteiger partial charge in [0, 0.05) is 44.1 Å². The first kappa shape index (κ1) is 20.3. The van der Waals surface area contributed by atoms with Crippen LogP contribution in [0.5, 0.6) is 5.75 Å². The molecule has 3 heterocycles. The first-order valence-corrected chi connectivity index (χ1v) is 10.3. The van der Waals surface area contributed by atoms with Crippen molar-refractivity contribution in [2.45, 2.75) is 32.3 Å². The minimum absolute atomic E-state index is 0.0896. The SMILES string of the molecule is Cc1cc(O)cc(C(=O)N2CCC3(CC2)CC(O)CN(C(=O)c2cccnc2)C3)c1. The number of likely N-dealkylation sites (tertiary alicyclic amines) is 2. The van der Waals surface area contributed by atoms with Gasteiger partial charge in [0.1, 0.15) is 5.75 Å². The molecule has 2 aromatic rings. The Hall–Kier alpha value is -2.93. The van der Waals surface area contributed by atoms with E-state index in [4.69, 9.17) is 0 Å². The molecule has 2 aliphatic rings. The molecule has 30 heavy (non-hydrogen) atoms. The number of β-amino-alcohol motifs (C(OH)–C–C–N with tert-alkyl or cyclic N) is 1. The number of aromatic hydroxyl groups is 1. The van der Waals surface area contributed by atoms with E-state index < -0.39 is 6.10 Å². The molecule has 2 saturated heterocycles. The summed E-state index contributed by atoms with van der Waals surface area (Å²) < 4.78 is 0. The number of nitrogens with zero attached hydrogens (tertiary/aromatic N) is 3. The monoisotopic (exact) mass is 409 g/mol. The second-order valence-electron chi connectivity index (χ2n) is 8.63. The van der Waals surface area contributed by atoms with Gasteiger partial charge in [-0.2, -0.15) is 0 Å². The summed E-state index contributed by atoms with van der Waals surface area (Å²) in [5.74, 6) is -0.120. The largest absolute Gasteiger partial charge is 0.508 e. The third-order valence-corrected chi connectivity index (χ3v) is 6.24. The van der Waals surface area contributed by atoms with Crippen LogP contribution in [0.4, 0.5) is 0 Å². The number of rotatable bonds is 2. The number of piperidine rings is 2. The van der Waals surface area contributed by atoms with Crippen molar-refractivity contribution in [2.75, 3.05) is 26.2 Å². The fourth-order valence-electron chi connectivity index (χ4n) is 4.79. The summed E-state index contributed by atoms with van der Waals surface area (Å²) in [4.78, 5) is 33.3. The van der Waals surface area contributed by atoms with Gasteiger partial charge in [0.15, 0.2) is 0 Å². The Kier molecular flexibility index (Phi) is 5.47. The molecule has 2 N–H and O–H groups in total. The van der Waals surface area contributed by atoms with E-state index in [9.17, 15) is 19.8 Å². The van der Waals surface area contributed by atoms with Crippen LogP contribution in [0.3, 0.4) is 0 Å². The zero-order valence-corrected chi connectivity index (χ0v) is 17.1. The van der Waals surface area contributed by atoms with Gasteiger partial charge < -0.3 is 20.0 Å². The molecule has 2 amide bonds. The Labute approximate surface area is 176 Å². The number of carbonyl (C=O) groups excluding carboxylic acids is 2. The number of phenolic OH excluding ortho intramolecular Hbond substituents is 1. The zero-order valence-electron chi connectivity index (χ0n) is 17.1. The maximum Gasteiger partial charge on any atom is 0.255 e. The molecule has 2 aliphatic heterocycles. The van der Waals surface area contributed by atoms with Crippen LogP contribution < -0.4 is 0 Å². The molecule has 1 aromatic heterocycles. The fraction of sp³-hybridized carbons (Fsp3) is 0.435. The highest BCUT2D eigenvalue weighted by molar-refractivity contribution is 5.95. The van der Waals surface area contributed by atoms with Gasteiger partial charge in [-0.25, -0.2) is 0 Å². The second-order valence-corrected chi connectivity index (χ2v) is 8.63. The van der Waals surface area contributed by atoms with Crippen LogP contribution in [0, 0.1) is 12.3 Å². The van der Waals surface area contributed by atoms with Crippen molar-refractivity contribution in [3.8, 4) is 5.75 Å². The van der Waals surface area contributed by atoms with Crippen molar-refractivity contribution in [3.63, 3.8) is 0 Å². The lowest BCUT2D eigenvalue weighted by atomic mass is 9.71. The number of hydrogen-bond donors (Lipinski definition) is 2. The molecule has 2 fully saturated rings. The molecular weight excluding hydrogens is 382 g/mol. The van der Waals surface area contributed by atoms with Gasteiger partial charge in [-0.05, 0) is 67.5 Å². The summed E-state index contributed by atoms with van der Waals surface area (Å²) in [5, 5.41) is 20.3. The Morgan fingerprint density at radius 1 is 1.10 bits per heavy atom. The van der Waals surface area contributed by atoms with Gasteiger partial charge in [-0.1, -0.05) is 0 Å². The minimum atomic E-state index is -0.574. The Morgan fingerprint density at radius 3 is 2.50 bits per heavy atom. The minimum Gasteiger partial charge on any atom is -0.508 e. The third-order valence-electron chi connectivity index (χ3n) is 6.24. The number of aliphatic hydroxyl groups is 1. The molecule has 0 aliphatic carbocycles. The summed E-state index contributed by atoms with van der Waals surface area (Å²) in [6.45, 7) is 3.87. The number of benzene rings is 1. The molecule has 1 aromatic carbocycles. The van der Waals surface area contributed by atoms with Crippen LogP contribution in [-0.4, -0.2) is 69.1 Å². The summed E-state index contributed by atoms with van der Waals surface area (Å²) in [7, 11) is 0. The van der Waals surface area contributed by atoms with Crippen LogP contribution in [-0.2, 0) is 0 Å². The number of aromatic nitrogens is 1. The number of hydrogen-bond acceptors (Lipinski definition) is 5. The molecule has 7 nitrogen and oxygen atoms in total. The highest BCUT2D eigenvalue weighted by Gasteiger charge is 2.43. The number of amides is 2. The average molecular weight is 409 g/mol. The van der Waals surface area contributed by atoms with Crippen molar-refractivity contribution < 1.29 is 19.8 Å². The van der Waals surface area contributed by atoms with E-state index >= 15 is 0 Å². The Balaban J connectivity index is 1.45. The highest BCUT2D eigenvalue weighted by atomic mass is 16.3. The third kappa shape index (κ3) is 4.16. The van der Waals surface area contributed by atoms with Gasteiger partial charge in [0.25, 0.3) is 11.8 Å². The van der Waals surface area contributed by atoms with Gasteiger partial charge >= 0.3 is 0 Å². The van der Waals surface area contributed by atoms with Gasteiger partial charge in [0.05, 0.1) is 11.7 Å². The lowest BCUT2D eigenvalue weighted by Gasteiger charge is -2.49. The molecule has 4 rings (SSSR count). The van der Waals surface area contributed by atoms with Crippen molar-refractivity contribution in [3.05, 3.63) is 59.4 Å². The van der Waals surface area contributed by atoms with Gasteiger partial charge in [-0.15, -0.1) is 0 Å². The van der Waals surface area contributed by atoms with E-state index in [1.807, 2.05) is 6.92 Å². The number of carbonyl (C=O) groups is 2. The normalized spacial score (nSPS) is 20.9. The van der Waals surface area contributed by atoms with E-state index in [1.54, 1.807) is 46.5 Å². The maximum atomic E-state index is 12.9. The topological polar surface area (TPSA) is 94.0 Å².